The van der Waals surface area contributed by atoms with E-state index in [4.69, 9.17) is 0 Å². The number of benzene rings is 2. The molecule has 0 saturated carbocycles. The van der Waals surface area contributed by atoms with Gasteiger partial charge in [0.05, 0.1) is 5.39 Å². The number of hydrogen-bond donors (Lipinski definition) is 2. The largest absolute Gasteiger partial charge is 0.507 e. The van der Waals surface area contributed by atoms with E-state index in [1.807, 2.05) is 0 Å². The van der Waals surface area contributed by atoms with Gasteiger partial charge in [0.25, 0.3) is 0 Å². The summed E-state index contributed by atoms with van der Waals surface area (Å²) in [6, 6.07) is 2.92. The minimum Gasteiger partial charge on any atom is -0.507 e. The summed E-state index contributed by atoms with van der Waals surface area (Å²) in [5.74, 6) is -2.65. The van der Waals surface area contributed by atoms with E-state index in [-0.39, 0.29) is 5.39 Å². The first-order valence-corrected chi connectivity index (χ1v) is 4.73. The number of aromatic hydroxyl groups is 1. The van der Waals surface area contributed by atoms with Crippen LogP contribution in [0.5, 0.6) is 5.75 Å². The van der Waals surface area contributed by atoms with Crippen molar-refractivity contribution in [3.8, 4) is 5.75 Å². The summed E-state index contributed by atoms with van der Waals surface area (Å²) < 4.78 is 63.1. The third kappa shape index (κ3) is 2.29. The number of alkyl halides is 3. The zero-order valence-corrected chi connectivity index (χ0v) is 8.65. The Balaban J connectivity index is 2.73. The van der Waals surface area contributed by atoms with Crippen LogP contribution in [-0.4, -0.2) is 11.4 Å². The highest BCUT2D eigenvalue weighted by molar-refractivity contribution is 5.98. The van der Waals surface area contributed by atoms with Gasteiger partial charge in [-0.25, -0.2) is 8.78 Å². The van der Waals surface area contributed by atoms with Crippen molar-refractivity contribution in [2.45, 2.75) is 6.30 Å². The number of phenols is 1. The minimum atomic E-state index is -4.74. The normalized spacial score (nSPS) is 11.8. The molecule has 2 rings (SSSR count). The van der Waals surface area contributed by atoms with Gasteiger partial charge in [0.15, 0.2) is 0 Å². The maximum atomic E-state index is 13.4. The second kappa shape index (κ2) is 4.01. The highest BCUT2D eigenvalue weighted by Crippen LogP contribution is 2.35. The number of anilines is 1. The van der Waals surface area contributed by atoms with Gasteiger partial charge in [-0.2, -0.15) is 13.2 Å². The monoisotopic (exact) mass is 263 g/mol. The van der Waals surface area contributed by atoms with E-state index >= 15 is 0 Å². The summed E-state index contributed by atoms with van der Waals surface area (Å²) in [6.45, 7) is 0. The maximum Gasteiger partial charge on any atom is 0.482 e. The number of rotatable bonds is 1. The molecule has 2 aromatic rings. The highest BCUT2D eigenvalue weighted by atomic mass is 19.4. The van der Waals surface area contributed by atoms with Gasteiger partial charge >= 0.3 is 6.30 Å². The summed E-state index contributed by atoms with van der Waals surface area (Å²) in [5.41, 5.74) is -0.534. The number of hydrogen-bond acceptors (Lipinski definition) is 2. The summed E-state index contributed by atoms with van der Waals surface area (Å²) in [6.07, 6.45) is -4.74. The van der Waals surface area contributed by atoms with Gasteiger partial charge in [0, 0.05) is 17.1 Å². The van der Waals surface area contributed by atoms with Crippen molar-refractivity contribution in [2.75, 3.05) is 5.32 Å². The molecule has 0 heterocycles. The fourth-order valence-corrected chi connectivity index (χ4v) is 1.65. The lowest BCUT2D eigenvalue weighted by Crippen LogP contribution is -2.20. The molecule has 96 valence electrons. The van der Waals surface area contributed by atoms with Gasteiger partial charge in [-0.15, -0.1) is 0 Å². The summed E-state index contributed by atoms with van der Waals surface area (Å²) in [7, 11) is 0. The van der Waals surface area contributed by atoms with Crippen LogP contribution in [0.2, 0.25) is 0 Å². The maximum absolute atomic E-state index is 13.4. The number of nitrogens with one attached hydrogen (secondary N) is 1. The van der Waals surface area contributed by atoms with Crippen LogP contribution in [0, 0.1) is 11.6 Å². The standard InChI is InChI=1S/C11H6F5NO/c12-5-3-6-8(17-11(14,15)16)2-1-7(13)10(6)9(18)4-5/h1-4,17-18H. The second-order valence-electron chi connectivity index (χ2n) is 3.57. The molecule has 7 heteroatoms. The zero-order valence-electron chi connectivity index (χ0n) is 8.65. The first kappa shape index (κ1) is 12.4. The van der Waals surface area contributed by atoms with Gasteiger partial charge in [-0.1, -0.05) is 0 Å². The van der Waals surface area contributed by atoms with Crippen molar-refractivity contribution in [2.24, 2.45) is 0 Å². The summed E-state index contributed by atoms with van der Waals surface area (Å²) in [5, 5.41) is 9.68. The lowest BCUT2D eigenvalue weighted by molar-refractivity contribution is -0.0998. The molecule has 0 aromatic heterocycles. The molecular weight excluding hydrogens is 257 g/mol. The Kier molecular flexibility index (Phi) is 2.76. The predicted molar refractivity (Wildman–Crippen MR) is 55.2 cm³/mol. The van der Waals surface area contributed by atoms with Crippen LogP contribution in [0.25, 0.3) is 10.8 Å². The van der Waals surface area contributed by atoms with Crippen LogP contribution >= 0.6 is 0 Å². The van der Waals surface area contributed by atoms with Crippen LogP contribution in [-0.2, 0) is 0 Å². The molecule has 2 nitrogen and oxygen atoms in total. The molecule has 0 amide bonds. The third-order valence-corrected chi connectivity index (χ3v) is 2.28. The Labute approximate surface area is 97.6 Å². The number of fused-ring (bicyclic) bond motifs is 1. The Hall–Kier alpha value is -2.05. The molecule has 0 fully saturated rings. The number of phenolic OH excluding ortho intramolecular Hbond substituents is 1. The van der Waals surface area contributed by atoms with Crippen LogP contribution < -0.4 is 5.32 Å². The Morgan fingerprint density at radius 3 is 2.33 bits per heavy atom. The first-order valence-electron chi connectivity index (χ1n) is 4.73. The highest BCUT2D eigenvalue weighted by Gasteiger charge is 2.28. The Morgan fingerprint density at radius 2 is 1.72 bits per heavy atom. The van der Waals surface area contributed by atoms with Gasteiger partial charge in [-0.3, -0.25) is 5.32 Å². The van der Waals surface area contributed by atoms with Gasteiger partial charge in [0.1, 0.15) is 17.4 Å². The zero-order chi connectivity index (χ0) is 13.5. The van der Waals surface area contributed by atoms with E-state index in [1.165, 1.54) is 0 Å². The van der Waals surface area contributed by atoms with Crippen LogP contribution in [0.4, 0.5) is 27.6 Å². The van der Waals surface area contributed by atoms with E-state index in [9.17, 15) is 27.1 Å². The minimum absolute atomic E-state index is 0.384. The molecule has 0 aliphatic carbocycles. The molecule has 0 atom stereocenters. The smallest absolute Gasteiger partial charge is 0.482 e. The van der Waals surface area contributed by atoms with Gasteiger partial charge in [-0.05, 0) is 18.2 Å². The van der Waals surface area contributed by atoms with Crippen molar-refractivity contribution >= 4 is 16.5 Å². The molecule has 0 aliphatic heterocycles. The van der Waals surface area contributed by atoms with Crippen LogP contribution in [0.3, 0.4) is 0 Å². The molecule has 0 saturated heterocycles. The van der Waals surface area contributed by atoms with Crippen molar-refractivity contribution in [1.82, 2.24) is 0 Å². The lowest BCUT2D eigenvalue weighted by atomic mass is 10.1. The number of halogens is 5. The summed E-state index contributed by atoms with van der Waals surface area (Å²) in [4.78, 5) is 0. The quantitative estimate of drug-likeness (QED) is 0.606. The molecule has 0 unspecified atom stereocenters. The molecule has 18 heavy (non-hydrogen) atoms. The molecular formula is C11H6F5NO. The second-order valence-corrected chi connectivity index (χ2v) is 3.57. The summed E-state index contributed by atoms with van der Waals surface area (Å²) >= 11 is 0. The molecule has 0 bridgehead atoms. The Bertz CT molecular complexity index is 608. The van der Waals surface area contributed by atoms with E-state index in [2.05, 4.69) is 0 Å². The Morgan fingerprint density at radius 1 is 1.06 bits per heavy atom. The third-order valence-electron chi connectivity index (χ3n) is 2.28. The van der Waals surface area contributed by atoms with Crippen molar-refractivity contribution < 1.29 is 27.1 Å². The predicted octanol–water partition coefficient (Wildman–Crippen LogP) is 3.76. The van der Waals surface area contributed by atoms with Crippen LogP contribution in [0.1, 0.15) is 0 Å². The van der Waals surface area contributed by atoms with Gasteiger partial charge < -0.3 is 5.11 Å². The van der Waals surface area contributed by atoms with Crippen molar-refractivity contribution in [3.05, 3.63) is 35.9 Å². The fourth-order valence-electron chi connectivity index (χ4n) is 1.65. The van der Waals surface area contributed by atoms with E-state index in [0.29, 0.717) is 12.1 Å². The van der Waals surface area contributed by atoms with E-state index in [0.717, 1.165) is 17.4 Å². The molecule has 0 aliphatic rings. The first-order chi connectivity index (χ1) is 8.28. The molecule has 2 aromatic carbocycles. The lowest BCUT2D eigenvalue weighted by Gasteiger charge is -2.13. The molecule has 2 N–H and O–H groups in total. The van der Waals surface area contributed by atoms with Crippen LogP contribution in [0.15, 0.2) is 24.3 Å². The van der Waals surface area contributed by atoms with Crippen molar-refractivity contribution in [3.63, 3.8) is 0 Å². The van der Waals surface area contributed by atoms with Crippen molar-refractivity contribution in [1.29, 1.82) is 0 Å². The average molecular weight is 263 g/mol. The van der Waals surface area contributed by atoms with E-state index in [1.54, 1.807) is 0 Å². The SMILES string of the molecule is Oc1cc(F)cc2c(NC(F)(F)F)ccc(F)c12. The fraction of sp³-hybridized carbons (Fsp3) is 0.0909. The topological polar surface area (TPSA) is 32.3 Å². The molecule has 0 radical (unpaired) electrons. The molecule has 0 spiro atoms. The van der Waals surface area contributed by atoms with E-state index < -0.39 is 34.8 Å². The van der Waals surface area contributed by atoms with Gasteiger partial charge in [0.2, 0.25) is 0 Å². The average Bonchev–Trinajstić information content (AvgIpc) is 2.19.